The molecule has 0 atom stereocenters. The third-order valence-corrected chi connectivity index (χ3v) is 2.69. The van der Waals surface area contributed by atoms with Crippen molar-refractivity contribution in [3.05, 3.63) is 57.8 Å². The standard InChI is InChI=1S/C13H12N4O4/c1-8-4-2-6-10(12(8)17(19)20)21-11-7-3-5-9(15-11)13(14)16-18/h2-7,18H,1H3,(H2,14,16). The van der Waals surface area contributed by atoms with E-state index in [0.29, 0.717) is 5.56 Å². The fourth-order valence-corrected chi connectivity index (χ4v) is 1.73. The number of aromatic nitrogens is 1. The Morgan fingerprint density at radius 3 is 2.76 bits per heavy atom. The molecule has 0 aliphatic carbocycles. The minimum absolute atomic E-state index is 0.0733. The van der Waals surface area contributed by atoms with Gasteiger partial charge in [-0.1, -0.05) is 23.4 Å². The van der Waals surface area contributed by atoms with E-state index in [-0.39, 0.29) is 28.8 Å². The summed E-state index contributed by atoms with van der Waals surface area (Å²) >= 11 is 0. The van der Waals surface area contributed by atoms with Crippen molar-refractivity contribution in [3.8, 4) is 11.6 Å². The molecule has 0 saturated heterocycles. The molecule has 0 bridgehead atoms. The average Bonchev–Trinajstić information content (AvgIpc) is 2.46. The number of nitro groups is 1. The second-order valence-corrected chi connectivity index (χ2v) is 4.13. The molecule has 2 rings (SSSR count). The van der Waals surface area contributed by atoms with Crippen molar-refractivity contribution in [2.75, 3.05) is 0 Å². The number of hydrogen-bond donors (Lipinski definition) is 2. The summed E-state index contributed by atoms with van der Waals surface area (Å²) in [6, 6.07) is 9.35. The number of nitro benzene ring substituents is 1. The first-order valence-electron chi connectivity index (χ1n) is 5.89. The predicted octanol–water partition coefficient (Wildman–Crippen LogP) is 2.19. The van der Waals surface area contributed by atoms with Gasteiger partial charge in [-0.15, -0.1) is 0 Å². The Labute approximate surface area is 119 Å². The lowest BCUT2D eigenvalue weighted by Crippen LogP contribution is -2.14. The van der Waals surface area contributed by atoms with E-state index in [0.717, 1.165) is 0 Å². The van der Waals surface area contributed by atoms with Gasteiger partial charge in [0, 0.05) is 11.6 Å². The number of nitrogens with two attached hydrogens (primary N) is 1. The van der Waals surface area contributed by atoms with Gasteiger partial charge < -0.3 is 15.7 Å². The van der Waals surface area contributed by atoms with Crippen LogP contribution in [0.5, 0.6) is 11.6 Å². The Bertz CT molecular complexity index is 715. The Balaban J connectivity index is 2.39. The number of para-hydroxylation sites is 1. The Hall–Kier alpha value is -3.16. The van der Waals surface area contributed by atoms with Crippen LogP contribution in [0.4, 0.5) is 5.69 Å². The molecule has 0 amide bonds. The van der Waals surface area contributed by atoms with E-state index in [4.69, 9.17) is 15.7 Å². The highest BCUT2D eigenvalue weighted by Gasteiger charge is 2.19. The molecule has 8 heteroatoms. The van der Waals surface area contributed by atoms with E-state index >= 15 is 0 Å². The largest absolute Gasteiger partial charge is 0.432 e. The molecule has 2 aromatic rings. The summed E-state index contributed by atoms with van der Waals surface area (Å²) in [6.07, 6.45) is 0. The van der Waals surface area contributed by atoms with Crippen LogP contribution in [-0.2, 0) is 0 Å². The number of aryl methyl sites for hydroxylation is 1. The van der Waals surface area contributed by atoms with Crippen LogP contribution in [0.2, 0.25) is 0 Å². The summed E-state index contributed by atoms with van der Waals surface area (Å²) in [5, 5.41) is 22.5. The average molecular weight is 288 g/mol. The van der Waals surface area contributed by atoms with Crippen LogP contribution in [0.15, 0.2) is 41.6 Å². The molecule has 0 aliphatic heterocycles. The molecule has 3 N–H and O–H groups in total. The maximum atomic E-state index is 11.1. The summed E-state index contributed by atoms with van der Waals surface area (Å²) in [5.41, 5.74) is 5.98. The lowest BCUT2D eigenvalue weighted by molar-refractivity contribution is -0.386. The maximum absolute atomic E-state index is 11.1. The third-order valence-electron chi connectivity index (χ3n) is 2.69. The Morgan fingerprint density at radius 2 is 2.10 bits per heavy atom. The number of nitrogens with zero attached hydrogens (tertiary/aromatic N) is 3. The SMILES string of the molecule is Cc1cccc(Oc2cccc(C(N)=NO)n2)c1[N+](=O)[O-]. The van der Waals surface area contributed by atoms with Crippen molar-refractivity contribution in [2.24, 2.45) is 10.9 Å². The van der Waals surface area contributed by atoms with Gasteiger partial charge in [-0.05, 0) is 19.1 Å². The number of benzene rings is 1. The number of hydrogen-bond acceptors (Lipinski definition) is 6. The van der Waals surface area contributed by atoms with E-state index < -0.39 is 4.92 Å². The Kier molecular flexibility index (Phi) is 3.98. The number of oxime groups is 1. The van der Waals surface area contributed by atoms with Gasteiger partial charge in [0.25, 0.3) is 0 Å². The molecule has 0 fully saturated rings. The van der Waals surface area contributed by atoms with Gasteiger partial charge in [0.05, 0.1) is 4.92 Å². The minimum atomic E-state index is -0.516. The molecular formula is C13H12N4O4. The van der Waals surface area contributed by atoms with Crippen molar-refractivity contribution in [1.29, 1.82) is 0 Å². The summed E-state index contributed by atoms with van der Waals surface area (Å²) in [4.78, 5) is 14.6. The van der Waals surface area contributed by atoms with Gasteiger partial charge in [-0.3, -0.25) is 10.1 Å². The van der Waals surface area contributed by atoms with E-state index in [2.05, 4.69) is 10.1 Å². The molecule has 108 valence electrons. The van der Waals surface area contributed by atoms with Gasteiger partial charge in [-0.2, -0.15) is 0 Å². The normalized spacial score (nSPS) is 11.2. The minimum Gasteiger partial charge on any atom is -0.432 e. The van der Waals surface area contributed by atoms with Crippen LogP contribution >= 0.6 is 0 Å². The van der Waals surface area contributed by atoms with E-state index in [1.54, 1.807) is 25.1 Å². The van der Waals surface area contributed by atoms with E-state index in [9.17, 15) is 10.1 Å². The molecule has 0 unspecified atom stereocenters. The van der Waals surface area contributed by atoms with Crippen molar-refractivity contribution >= 4 is 11.5 Å². The zero-order valence-electron chi connectivity index (χ0n) is 11.1. The monoisotopic (exact) mass is 288 g/mol. The van der Waals surface area contributed by atoms with Crippen LogP contribution < -0.4 is 10.5 Å². The first-order valence-corrected chi connectivity index (χ1v) is 5.89. The second kappa shape index (κ2) is 5.87. The van der Waals surface area contributed by atoms with E-state index in [1.165, 1.54) is 18.2 Å². The number of ether oxygens (including phenoxy) is 1. The maximum Gasteiger partial charge on any atom is 0.314 e. The first kappa shape index (κ1) is 14.3. The van der Waals surface area contributed by atoms with Crippen molar-refractivity contribution in [1.82, 2.24) is 4.98 Å². The lowest BCUT2D eigenvalue weighted by Gasteiger charge is -2.07. The Morgan fingerprint density at radius 1 is 1.38 bits per heavy atom. The first-order chi connectivity index (χ1) is 10.0. The predicted molar refractivity (Wildman–Crippen MR) is 74.7 cm³/mol. The molecule has 0 radical (unpaired) electrons. The molecule has 0 saturated carbocycles. The molecule has 1 heterocycles. The molecular weight excluding hydrogens is 276 g/mol. The van der Waals surface area contributed by atoms with Crippen LogP contribution in [0, 0.1) is 17.0 Å². The van der Waals surface area contributed by atoms with Crippen LogP contribution in [0.3, 0.4) is 0 Å². The number of amidine groups is 1. The van der Waals surface area contributed by atoms with Crippen molar-refractivity contribution in [3.63, 3.8) is 0 Å². The quantitative estimate of drug-likeness (QED) is 0.292. The zero-order valence-corrected chi connectivity index (χ0v) is 11.1. The smallest absolute Gasteiger partial charge is 0.314 e. The van der Waals surface area contributed by atoms with Crippen molar-refractivity contribution in [2.45, 2.75) is 6.92 Å². The highest BCUT2D eigenvalue weighted by Crippen LogP contribution is 2.33. The molecule has 8 nitrogen and oxygen atoms in total. The fraction of sp³-hybridized carbons (Fsp3) is 0.0769. The van der Waals surface area contributed by atoms with Gasteiger partial charge in [-0.25, -0.2) is 4.98 Å². The lowest BCUT2D eigenvalue weighted by atomic mass is 10.2. The third kappa shape index (κ3) is 3.06. The van der Waals surface area contributed by atoms with Gasteiger partial charge in [0.15, 0.2) is 5.84 Å². The highest BCUT2D eigenvalue weighted by atomic mass is 16.6. The molecule has 1 aromatic heterocycles. The summed E-state index contributed by atoms with van der Waals surface area (Å²) < 4.78 is 5.44. The van der Waals surface area contributed by atoms with Crippen LogP contribution in [-0.4, -0.2) is 21.0 Å². The van der Waals surface area contributed by atoms with Gasteiger partial charge in [0.1, 0.15) is 5.69 Å². The summed E-state index contributed by atoms with van der Waals surface area (Å²) in [5.74, 6) is -0.00356. The highest BCUT2D eigenvalue weighted by molar-refractivity contribution is 5.95. The van der Waals surface area contributed by atoms with Gasteiger partial charge >= 0.3 is 5.69 Å². The van der Waals surface area contributed by atoms with E-state index in [1.807, 2.05) is 0 Å². The summed E-state index contributed by atoms with van der Waals surface area (Å²) in [6.45, 7) is 1.62. The topological polar surface area (TPSA) is 124 Å². The second-order valence-electron chi connectivity index (χ2n) is 4.13. The summed E-state index contributed by atoms with van der Waals surface area (Å²) in [7, 11) is 0. The molecule has 1 aromatic carbocycles. The molecule has 0 spiro atoms. The van der Waals surface area contributed by atoms with Gasteiger partial charge in [0.2, 0.25) is 11.6 Å². The van der Waals surface area contributed by atoms with Crippen LogP contribution in [0.1, 0.15) is 11.3 Å². The fourth-order valence-electron chi connectivity index (χ4n) is 1.73. The molecule has 21 heavy (non-hydrogen) atoms. The number of rotatable bonds is 4. The van der Waals surface area contributed by atoms with Crippen molar-refractivity contribution < 1.29 is 14.9 Å². The number of pyridine rings is 1. The molecule has 0 aliphatic rings. The zero-order chi connectivity index (χ0) is 15.4. The van der Waals surface area contributed by atoms with Crippen LogP contribution in [0.25, 0.3) is 0 Å².